The Morgan fingerprint density at radius 3 is 2.26 bits per heavy atom. The van der Waals surface area contributed by atoms with Gasteiger partial charge in [0.15, 0.2) is 0 Å². The van der Waals surface area contributed by atoms with Gasteiger partial charge in [0.05, 0.1) is 11.2 Å². The van der Waals surface area contributed by atoms with Crippen molar-refractivity contribution in [2.45, 2.75) is 52.1 Å². The molecule has 34 heavy (non-hydrogen) atoms. The fraction of sp³-hybridized carbons (Fsp3) is 0.524. The van der Waals surface area contributed by atoms with Crippen molar-refractivity contribution in [2.75, 3.05) is 24.5 Å². The highest BCUT2D eigenvalue weighted by molar-refractivity contribution is 7.70. The zero-order valence-corrected chi connectivity index (χ0v) is 21.6. The summed E-state index contributed by atoms with van der Waals surface area (Å²) in [6.45, 7) is 10.4. The summed E-state index contributed by atoms with van der Waals surface area (Å²) in [6, 6.07) is 5.62. The summed E-state index contributed by atoms with van der Waals surface area (Å²) in [5, 5.41) is 2.53. The van der Waals surface area contributed by atoms with Gasteiger partial charge in [0.2, 0.25) is 5.52 Å². The van der Waals surface area contributed by atoms with Crippen molar-refractivity contribution in [2.24, 2.45) is 0 Å². The molecule has 0 aliphatic carbocycles. The molecule has 1 atom stereocenters. The van der Waals surface area contributed by atoms with Gasteiger partial charge in [-0.05, 0) is 64.0 Å². The van der Waals surface area contributed by atoms with E-state index < -0.39 is 32.8 Å². The first kappa shape index (κ1) is 28.4. The first-order valence-electron chi connectivity index (χ1n) is 11.1. The number of hydrogen-bond acceptors (Lipinski definition) is 5. The second-order valence-corrected chi connectivity index (χ2v) is 12.0. The second-order valence-electron chi connectivity index (χ2n) is 8.24. The number of hydrogen-bond donors (Lipinski definition) is 5. The molecule has 0 aliphatic heterocycles. The summed E-state index contributed by atoms with van der Waals surface area (Å²) in [7, 11) is -10.7. The fourth-order valence-electron chi connectivity index (χ4n) is 3.82. The Kier molecular flexibility index (Phi) is 9.80. The van der Waals surface area contributed by atoms with E-state index in [2.05, 4.69) is 23.7 Å². The number of rotatable bonds is 11. The van der Waals surface area contributed by atoms with E-state index in [0.29, 0.717) is 23.0 Å². The molecule has 2 aromatic rings. The van der Waals surface area contributed by atoms with Crippen molar-refractivity contribution in [3.8, 4) is 0 Å². The largest absolute Gasteiger partial charge is 0.360 e. The Labute approximate surface area is 199 Å². The van der Waals surface area contributed by atoms with E-state index >= 15 is 0 Å². The van der Waals surface area contributed by atoms with Gasteiger partial charge in [-0.3, -0.25) is 19.0 Å². The number of aryl methyl sites for hydroxylation is 1. The number of aromatic nitrogens is 1. The lowest BCUT2D eigenvalue weighted by Crippen LogP contribution is -2.49. The molecule has 1 aromatic heterocycles. The maximum absolute atomic E-state index is 13.3. The smallest absolute Gasteiger partial charge is 0.323 e. The number of nitrogens with zero attached hydrogens (tertiary/aromatic N) is 3. The quantitative estimate of drug-likeness (QED) is 0.282. The highest BCUT2D eigenvalue weighted by Gasteiger charge is 2.45. The standard InChI is InChI=1S/C21H34N4O7P2/c1-5-24(6-2)13-7-8-16(4)25(20(26)23-21(33(27,28)29)34(30,31)32)19-11-12-22-18-14-15(3)9-10-17(18)19/h9-12,14,16,21H,5-8,13H2,1-4H3,(H,23,26)(H2,27,28,29)(H2,30,31,32). The third-order valence-electron chi connectivity index (χ3n) is 5.67. The van der Waals surface area contributed by atoms with Gasteiger partial charge in [-0.1, -0.05) is 26.0 Å². The minimum absolute atomic E-state index is 0.424. The zero-order chi connectivity index (χ0) is 25.7. The molecule has 11 nitrogen and oxygen atoms in total. The van der Waals surface area contributed by atoms with Crippen molar-refractivity contribution in [3.63, 3.8) is 0 Å². The number of carbonyl (C=O) groups is 1. The van der Waals surface area contributed by atoms with Crippen LogP contribution < -0.4 is 10.2 Å². The van der Waals surface area contributed by atoms with Crippen LogP contribution in [0.25, 0.3) is 10.9 Å². The lowest BCUT2D eigenvalue weighted by molar-refractivity contribution is 0.239. The van der Waals surface area contributed by atoms with Crippen LogP contribution in [0.4, 0.5) is 10.5 Å². The molecular weight excluding hydrogens is 482 g/mol. The predicted octanol–water partition coefficient (Wildman–Crippen LogP) is 3.21. The van der Waals surface area contributed by atoms with Gasteiger partial charge < -0.3 is 29.8 Å². The van der Waals surface area contributed by atoms with Crippen molar-refractivity contribution in [1.82, 2.24) is 15.2 Å². The summed E-state index contributed by atoms with van der Waals surface area (Å²) in [4.78, 5) is 59.1. The van der Waals surface area contributed by atoms with E-state index in [0.717, 1.165) is 31.6 Å². The van der Waals surface area contributed by atoms with Crippen LogP contribution in [0.2, 0.25) is 0 Å². The molecule has 0 fully saturated rings. The van der Waals surface area contributed by atoms with Crippen molar-refractivity contribution in [1.29, 1.82) is 0 Å². The fourth-order valence-corrected chi connectivity index (χ4v) is 5.95. The Morgan fingerprint density at radius 1 is 1.09 bits per heavy atom. The van der Waals surface area contributed by atoms with Crippen molar-refractivity contribution < 1.29 is 33.5 Å². The van der Waals surface area contributed by atoms with Crippen molar-refractivity contribution >= 4 is 37.8 Å². The van der Waals surface area contributed by atoms with Crippen LogP contribution >= 0.6 is 15.2 Å². The first-order chi connectivity index (χ1) is 15.8. The number of fused-ring (bicyclic) bond motifs is 1. The highest BCUT2D eigenvalue weighted by Crippen LogP contribution is 2.58. The Bertz CT molecular complexity index is 1060. The molecule has 1 heterocycles. The number of pyridine rings is 1. The number of nitrogens with one attached hydrogen (secondary N) is 1. The van der Waals surface area contributed by atoms with Gasteiger partial charge in [-0.25, -0.2) is 4.79 Å². The van der Waals surface area contributed by atoms with Crippen LogP contribution in [0, 0.1) is 6.92 Å². The number of anilines is 1. The predicted molar refractivity (Wildman–Crippen MR) is 132 cm³/mol. The van der Waals surface area contributed by atoms with Crippen LogP contribution in [0.1, 0.15) is 39.2 Å². The molecule has 1 aromatic carbocycles. The third-order valence-corrected chi connectivity index (χ3v) is 9.01. The van der Waals surface area contributed by atoms with E-state index in [1.807, 2.05) is 24.4 Å². The normalized spacial score (nSPS) is 13.5. The molecule has 0 bridgehead atoms. The second kappa shape index (κ2) is 11.7. The van der Waals surface area contributed by atoms with Crippen LogP contribution in [0.5, 0.6) is 0 Å². The van der Waals surface area contributed by atoms with Gasteiger partial charge in [0, 0.05) is 17.6 Å². The molecule has 5 N–H and O–H groups in total. The molecule has 2 rings (SSSR count). The van der Waals surface area contributed by atoms with E-state index in [4.69, 9.17) is 0 Å². The van der Waals surface area contributed by atoms with Crippen LogP contribution in [-0.2, 0) is 9.13 Å². The SMILES string of the molecule is CCN(CC)CCCC(C)N(C(=O)NC(P(=O)(O)O)P(=O)(O)O)c1ccnc2cc(C)ccc12. The average molecular weight is 516 g/mol. The molecule has 2 amide bonds. The van der Waals surface area contributed by atoms with Gasteiger partial charge in [0.1, 0.15) is 0 Å². The summed E-state index contributed by atoms with van der Waals surface area (Å²) in [6.07, 6.45) is 2.81. The molecule has 1 unspecified atom stereocenters. The van der Waals surface area contributed by atoms with Crippen LogP contribution in [0.3, 0.4) is 0 Å². The van der Waals surface area contributed by atoms with Gasteiger partial charge in [-0.15, -0.1) is 0 Å². The van der Waals surface area contributed by atoms with Crippen molar-refractivity contribution in [3.05, 3.63) is 36.0 Å². The van der Waals surface area contributed by atoms with Gasteiger partial charge in [-0.2, -0.15) is 0 Å². The molecule has 0 spiro atoms. The molecule has 0 aliphatic rings. The Balaban J connectivity index is 2.46. The summed E-state index contributed by atoms with van der Waals surface area (Å²) in [5.41, 5.74) is -0.642. The highest BCUT2D eigenvalue weighted by atomic mass is 31.2. The molecule has 190 valence electrons. The Morgan fingerprint density at radius 2 is 1.71 bits per heavy atom. The molecular formula is C21H34N4O7P2. The van der Waals surface area contributed by atoms with Crippen LogP contribution in [0.15, 0.2) is 30.5 Å². The lowest BCUT2D eigenvalue weighted by atomic mass is 10.1. The van der Waals surface area contributed by atoms with E-state index in [9.17, 15) is 33.5 Å². The number of amides is 2. The number of urea groups is 1. The first-order valence-corrected chi connectivity index (χ1v) is 14.4. The van der Waals surface area contributed by atoms with E-state index in [1.165, 1.54) is 11.1 Å². The molecule has 0 saturated heterocycles. The monoisotopic (exact) mass is 516 g/mol. The molecule has 13 heteroatoms. The third kappa shape index (κ3) is 7.33. The van der Waals surface area contributed by atoms with E-state index in [-0.39, 0.29) is 0 Å². The maximum Gasteiger partial charge on any atom is 0.360 e. The number of carbonyl (C=O) groups excluding carboxylic acids is 1. The summed E-state index contributed by atoms with van der Waals surface area (Å²) in [5.74, 6) is 0. The van der Waals surface area contributed by atoms with Gasteiger partial charge in [0.25, 0.3) is 0 Å². The lowest BCUT2D eigenvalue weighted by Gasteiger charge is -2.33. The Hall–Kier alpha value is -1.84. The molecule has 0 radical (unpaired) electrons. The minimum Gasteiger partial charge on any atom is -0.323 e. The summed E-state index contributed by atoms with van der Waals surface area (Å²) >= 11 is 0. The van der Waals surface area contributed by atoms with Crippen LogP contribution in [-0.4, -0.2) is 66.7 Å². The average Bonchev–Trinajstić information content (AvgIpc) is 2.73. The molecule has 0 saturated carbocycles. The van der Waals surface area contributed by atoms with E-state index in [1.54, 1.807) is 19.1 Å². The zero-order valence-electron chi connectivity index (χ0n) is 19.8. The minimum atomic E-state index is -5.35. The number of benzene rings is 1. The van der Waals surface area contributed by atoms with Gasteiger partial charge >= 0.3 is 21.2 Å². The topological polar surface area (TPSA) is 164 Å². The maximum atomic E-state index is 13.3. The summed E-state index contributed by atoms with van der Waals surface area (Å²) < 4.78 is 23.5.